The van der Waals surface area contributed by atoms with Crippen LogP contribution in [0.25, 0.3) is 44.5 Å². The summed E-state index contributed by atoms with van der Waals surface area (Å²) in [6.45, 7) is 0. The largest absolute Gasteiger partial charge is 0.366 e. The molecule has 2 heterocycles. The van der Waals surface area contributed by atoms with E-state index in [4.69, 9.17) is 0 Å². The van der Waals surface area contributed by atoms with Crippen molar-refractivity contribution in [2.75, 3.05) is 0 Å². The second kappa shape index (κ2) is 12.7. The van der Waals surface area contributed by atoms with Gasteiger partial charge in [0.05, 0.1) is 0 Å². The van der Waals surface area contributed by atoms with E-state index in [9.17, 15) is 0 Å². The highest BCUT2D eigenvalue weighted by atomic mass is 32.1. The first kappa shape index (κ1) is 29.0. The third-order valence-electron chi connectivity index (χ3n) is 9.09. The number of thiophene rings is 1. The molecule has 8 aromatic rings. The van der Waals surface area contributed by atoms with Crippen LogP contribution in [0, 0.1) is 0 Å². The highest BCUT2D eigenvalue weighted by Crippen LogP contribution is 2.38. The molecule has 0 aliphatic heterocycles. The molecule has 0 aliphatic rings. The van der Waals surface area contributed by atoms with Crippen molar-refractivity contribution in [3.63, 3.8) is 0 Å². The maximum absolute atomic E-state index is 4.00. The monoisotopic (exact) mass is 635 g/mol. The lowest BCUT2D eigenvalue weighted by Gasteiger charge is -2.34. The second-order valence-electron chi connectivity index (χ2n) is 11.8. The summed E-state index contributed by atoms with van der Waals surface area (Å²) in [5.74, 6) is 0. The van der Waals surface area contributed by atoms with Crippen molar-refractivity contribution in [3.8, 4) is 44.5 Å². The number of hydrogen-bond donors (Lipinski definition) is 1. The highest BCUT2D eigenvalue weighted by Gasteiger charge is 2.48. The third-order valence-corrected chi connectivity index (χ3v) is 15.6. The molecule has 0 unspecified atom stereocenters. The molecule has 0 saturated heterocycles. The Hall–Kier alpha value is -5.48. The van der Waals surface area contributed by atoms with Gasteiger partial charge in [0.25, 0.3) is 0 Å². The van der Waals surface area contributed by atoms with E-state index in [-0.39, 0.29) is 0 Å². The Kier molecular flexibility index (Phi) is 7.84. The van der Waals surface area contributed by atoms with Gasteiger partial charge in [-0.25, -0.2) is 0 Å². The van der Waals surface area contributed by atoms with E-state index >= 15 is 0 Å². The average Bonchev–Trinajstić information content (AvgIpc) is 3.81. The van der Waals surface area contributed by atoms with Gasteiger partial charge in [0.15, 0.2) is 0 Å². The Labute approximate surface area is 281 Å². The van der Waals surface area contributed by atoms with Gasteiger partial charge in [-0.1, -0.05) is 182 Å². The van der Waals surface area contributed by atoms with E-state index in [0.717, 1.165) is 0 Å². The molecular weight excluding hydrogens is 603 g/mol. The fraction of sp³-hybridized carbons (Fsp3) is 0. The van der Waals surface area contributed by atoms with Gasteiger partial charge in [-0.05, 0) is 38.0 Å². The van der Waals surface area contributed by atoms with Gasteiger partial charge in [0, 0.05) is 38.3 Å². The SMILES string of the molecule is c1ccc(-c2c[nH]c([Si](c3ccccc3)(c3ccccc3)c3scc(-c4ccccc4)c3-c3ccccc3)c2-c2ccccc2)cc1. The van der Waals surface area contributed by atoms with Crippen molar-refractivity contribution >= 4 is 39.6 Å². The van der Waals surface area contributed by atoms with E-state index in [2.05, 4.69) is 199 Å². The molecule has 0 atom stereocenters. The molecule has 3 heteroatoms. The number of nitrogens with one attached hydrogen (secondary N) is 1. The van der Waals surface area contributed by atoms with Crippen molar-refractivity contribution in [1.82, 2.24) is 4.98 Å². The number of hydrogen-bond acceptors (Lipinski definition) is 1. The number of aromatic nitrogens is 1. The number of benzene rings is 6. The molecule has 0 amide bonds. The molecule has 47 heavy (non-hydrogen) atoms. The lowest BCUT2D eigenvalue weighted by atomic mass is 9.99. The van der Waals surface area contributed by atoms with Gasteiger partial charge in [-0.2, -0.15) is 11.3 Å². The topological polar surface area (TPSA) is 15.8 Å². The van der Waals surface area contributed by atoms with E-state index in [1.807, 2.05) is 11.3 Å². The quantitative estimate of drug-likeness (QED) is 0.160. The summed E-state index contributed by atoms with van der Waals surface area (Å²) in [5.41, 5.74) is 9.97. The van der Waals surface area contributed by atoms with Crippen LogP contribution in [0.4, 0.5) is 0 Å². The van der Waals surface area contributed by atoms with Gasteiger partial charge in [0.2, 0.25) is 8.07 Å². The van der Waals surface area contributed by atoms with Gasteiger partial charge in [0.1, 0.15) is 0 Å². The first-order valence-electron chi connectivity index (χ1n) is 16.0. The van der Waals surface area contributed by atoms with Gasteiger partial charge in [-0.15, -0.1) is 0 Å². The zero-order valence-electron chi connectivity index (χ0n) is 25.9. The minimum Gasteiger partial charge on any atom is -0.366 e. The van der Waals surface area contributed by atoms with E-state index in [1.54, 1.807) is 0 Å². The van der Waals surface area contributed by atoms with Crippen molar-refractivity contribution < 1.29 is 0 Å². The van der Waals surface area contributed by atoms with Crippen LogP contribution in [0.2, 0.25) is 0 Å². The molecule has 0 bridgehead atoms. The molecule has 224 valence electrons. The minimum atomic E-state index is -3.02. The average molecular weight is 636 g/mol. The van der Waals surface area contributed by atoms with Crippen LogP contribution < -0.4 is 20.2 Å². The zero-order valence-corrected chi connectivity index (χ0v) is 27.7. The predicted octanol–water partition coefficient (Wildman–Crippen LogP) is 9.12. The van der Waals surface area contributed by atoms with Crippen LogP contribution in [0.1, 0.15) is 0 Å². The maximum atomic E-state index is 4.00. The molecule has 0 fully saturated rings. The standard InChI is InChI=1S/C44H33NSSi/c1-7-19-33(20-8-1)39-31-45-43(41(39)35-23-11-3-12-24-35)47(37-27-15-5-16-28-37,38-29-17-6-18-30-38)44-42(36-25-13-4-14-26-36)40(32-46-44)34-21-9-2-10-22-34/h1-32,45H. The van der Waals surface area contributed by atoms with E-state index in [0.29, 0.717) is 0 Å². The maximum Gasteiger partial charge on any atom is 0.211 e. The van der Waals surface area contributed by atoms with Crippen LogP contribution in [-0.4, -0.2) is 13.1 Å². The second-order valence-corrected chi connectivity index (χ2v) is 16.6. The molecule has 2 aromatic heterocycles. The minimum absolute atomic E-state index is 1.21. The van der Waals surface area contributed by atoms with Crippen molar-refractivity contribution in [3.05, 3.63) is 194 Å². The number of H-pyrrole nitrogens is 1. The molecule has 0 radical (unpaired) electrons. The van der Waals surface area contributed by atoms with E-state index < -0.39 is 8.07 Å². The zero-order chi connectivity index (χ0) is 31.5. The Bertz CT molecular complexity index is 2040. The Morgan fingerprint density at radius 3 is 1.23 bits per heavy atom. The summed E-state index contributed by atoms with van der Waals surface area (Å²) < 4.78 is 1.42. The summed E-state index contributed by atoms with van der Waals surface area (Å²) in [4.78, 5) is 4.00. The summed E-state index contributed by atoms with van der Waals surface area (Å²) >= 11 is 1.91. The summed E-state index contributed by atoms with van der Waals surface area (Å²) in [6, 6.07) is 66.1. The lowest BCUT2D eigenvalue weighted by Crippen LogP contribution is -2.75. The Morgan fingerprint density at radius 1 is 0.383 bits per heavy atom. The first-order chi connectivity index (χ1) is 23.4. The molecule has 0 saturated carbocycles. The summed E-state index contributed by atoms with van der Waals surface area (Å²) in [6.07, 6.45) is 2.24. The number of rotatable bonds is 8. The van der Waals surface area contributed by atoms with Crippen molar-refractivity contribution in [2.45, 2.75) is 0 Å². The first-order valence-corrected chi connectivity index (χ1v) is 18.9. The third kappa shape index (κ3) is 5.10. The fourth-order valence-electron chi connectivity index (χ4n) is 7.03. The van der Waals surface area contributed by atoms with Gasteiger partial charge < -0.3 is 4.98 Å². The van der Waals surface area contributed by atoms with Crippen molar-refractivity contribution in [1.29, 1.82) is 0 Å². The van der Waals surface area contributed by atoms with Crippen LogP contribution in [0.3, 0.4) is 0 Å². The van der Waals surface area contributed by atoms with Crippen LogP contribution in [0.5, 0.6) is 0 Å². The van der Waals surface area contributed by atoms with Crippen molar-refractivity contribution in [2.24, 2.45) is 0 Å². The molecule has 8 rings (SSSR count). The number of aromatic amines is 1. The summed E-state index contributed by atoms with van der Waals surface area (Å²) in [5, 5.41) is 6.38. The van der Waals surface area contributed by atoms with Gasteiger partial charge >= 0.3 is 0 Å². The lowest BCUT2D eigenvalue weighted by molar-refractivity contribution is 1.45. The van der Waals surface area contributed by atoms with E-state index in [1.165, 1.54) is 64.7 Å². The molecule has 0 spiro atoms. The van der Waals surface area contributed by atoms with Crippen LogP contribution in [-0.2, 0) is 0 Å². The normalized spacial score (nSPS) is 11.4. The summed E-state index contributed by atoms with van der Waals surface area (Å²) in [7, 11) is -3.02. The molecule has 1 nitrogen and oxygen atoms in total. The van der Waals surface area contributed by atoms with Crippen LogP contribution in [0.15, 0.2) is 194 Å². The fourth-order valence-corrected chi connectivity index (χ4v) is 14.4. The molecule has 1 N–H and O–H groups in total. The Balaban J connectivity index is 1.56. The smallest absolute Gasteiger partial charge is 0.211 e. The molecule has 0 aliphatic carbocycles. The highest BCUT2D eigenvalue weighted by molar-refractivity contribution is 7.36. The molecular formula is C44H33NSSi. The Morgan fingerprint density at radius 2 is 0.766 bits per heavy atom. The molecule has 6 aromatic carbocycles. The predicted molar refractivity (Wildman–Crippen MR) is 204 cm³/mol. The van der Waals surface area contributed by atoms with Gasteiger partial charge in [-0.3, -0.25) is 0 Å². The van der Waals surface area contributed by atoms with Crippen LogP contribution >= 0.6 is 11.3 Å².